The number of hydrogen-bond acceptors (Lipinski definition) is 4. The molecule has 1 atom stereocenters. The van der Waals surface area contributed by atoms with E-state index >= 15 is 0 Å². The van der Waals surface area contributed by atoms with Crippen LogP contribution in [0.25, 0.3) is 0 Å². The molecule has 1 amide bonds. The van der Waals surface area contributed by atoms with Gasteiger partial charge < -0.3 is 4.90 Å². The zero-order chi connectivity index (χ0) is 16.2. The van der Waals surface area contributed by atoms with Crippen molar-refractivity contribution in [2.45, 2.75) is 26.4 Å². The highest BCUT2D eigenvalue weighted by Gasteiger charge is 2.29. The molecule has 3 rings (SSSR count). The van der Waals surface area contributed by atoms with Gasteiger partial charge in [-0.2, -0.15) is 0 Å². The van der Waals surface area contributed by atoms with E-state index in [0.29, 0.717) is 0 Å². The highest BCUT2D eigenvalue weighted by molar-refractivity contribution is 5.74. The summed E-state index contributed by atoms with van der Waals surface area (Å²) in [7, 11) is 0. The number of amides is 1. The van der Waals surface area contributed by atoms with Crippen molar-refractivity contribution in [2.75, 3.05) is 19.6 Å². The van der Waals surface area contributed by atoms with Gasteiger partial charge in [0.15, 0.2) is 0 Å². The van der Waals surface area contributed by atoms with E-state index in [1.54, 1.807) is 13.1 Å². The zero-order valence-electron chi connectivity index (χ0n) is 13.6. The number of carbonyl (C=O) groups is 1. The number of carbonyl (C=O) groups excluding carboxylic acids is 1. The molecule has 0 spiro atoms. The lowest BCUT2D eigenvalue weighted by atomic mass is 10.0. The summed E-state index contributed by atoms with van der Waals surface area (Å²) < 4.78 is 0. The molecule has 0 N–H and O–H groups in total. The first-order chi connectivity index (χ1) is 11.1. The van der Waals surface area contributed by atoms with Crippen LogP contribution in [-0.4, -0.2) is 45.3 Å². The summed E-state index contributed by atoms with van der Waals surface area (Å²) in [4.78, 5) is 24.9. The lowest BCUT2D eigenvalue weighted by Crippen LogP contribution is -2.49. The Labute approximate surface area is 137 Å². The quantitative estimate of drug-likeness (QED) is 0.872. The molecule has 23 heavy (non-hydrogen) atoms. The number of rotatable bonds is 3. The van der Waals surface area contributed by atoms with Gasteiger partial charge in [-0.05, 0) is 18.6 Å². The van der Waals surface area contributed by atoms with Gasteiger partial charge >= 0.3 is 0 Å². The average Bonchev–Trinajstić information content (AvgIpc) is 2.55. The Morgan fingerprint density at radius 3 is 2.70 bits per heavy atom. The van der Waals surface area contributed by atoms with E-state index in [0.717, 1.165) is 37.7 Å². The lowest BCUT2D eigenvalue weighted by molar-refractivity contribution is -0.134. The van der Waals surface area contributed by atoms with E-state index < -0.39 is 0 Å². The van der Waals surface area contributed by atoms with Gasteiger partial charge in [-0.15, -0.1) is 0 Å². The molecule has 1 aromatic carbocycles. The third kappa shape index (κ3) is 3.74. The Morgan fingerprint density at radius 1 is 1.22 bits per heavy atom. The van der Waals surface area contributed by atoms with Crippen molar-refractivity contribution in [1.29, 1.82) is 0 Å². The third-order valence-corrected chi connectivity index (χ3v) is 4.27. The normalized spacial score (nSPS) is 18.9. The van der Waals surface area contributed by atoms with Crippen LogP contribution in [0.15, 0.2) is 42.6 Å². The van der Waals surface area contributed by atoms with Crippen LogP contribution in [0.1, 0.15) is 30.0 Å². The highest BCUT2D eigenvalue weighted by Crippen LogP contribution is 2.26. The molecular weight excluding hydrogens is 288 g/mol. The Balaban J connectivity index is 1.77. The van der Waals surface area contributed by atoms with E-state index in [1.165, 1.54) is 5.56 Å². The van der Waals surface area contributed by atoms with Crippen molar-refractivity contribution in [1.82, 2.24) is 19.8 Å². The molecule has 5 nitrogen and oxygen atoms in total. The van der Waals surface area contributed by atoms with Gasteiger partial charge in [-0.25, -0.2) is 9.97 Å². The van der Waals surface area contributed by atoms with Gasteiger partial charge in [0.25, 0.3) is 0 Å². The zero-order valence-corrected chi connectivity index (χ0v) is 13.6. The molecule has 1 aromatic heterocycles. The summed E-state index contributed by atoms with van der Waals surface area (Å²) in [6.45, 7) is 6.79. The standard InChI is InChI=1S/C18H22N4O/c1-14-19-9-8-17(20-14)12-21-10-11-22(15(2)23)18(13-21)16-6-4-3-5-7-16/h3-9,18H,10-13H2,1-2H3. The van der Waals surface area contributed by atoms with Crippen molar-refractivity contribution in [2.24, 2.45) is 0 Å². The molecule has 2 aromatic rings. The summed E-state index contributed by atoms with van der Waals surface area (Å²) in [5.74, 6) is 0.931. The summed E-state index contributed by atoms with van der Waals surface area (Å²) in [5.41, 5.74) is 2.21. The van der Waals surface area contributed by atoms with Crippen LogP contribution < -0.4 is 0 Å². The molecule has 0 bridgehead atoms. The molecule has 0 radical (unpaired) electrons. The first-order valence-electron chi connectivity index (χ1n) is 7.96. The molecule has 1 aliphatic heterocycles. The Morgan fingerprint density at radius 2 is 2.00 bits per heavy atom. The molecule has 1 saturated heterocycles. The minimum atomic E-state index is 0.102. The number of hydrogen-bond donors (Lipinski definition) is 0. The second-order valence-corrected chi connectivity index (χ2v) is 5.97. The average molecular weight is 310 g/mol. The molecule has 0 saturated carbocycles. The molecule has 0 aliphatic carbocycles. The van der Waals surface area contributed by atoms with Crippen LogP contribution in [0.3, 0.4) is 0 Å². The molecule has 120 valence electrons. The number of piperazine rings is 1. The van der Waals surface area contributed by atoms with Crippen LogP contribution in [0.2, 0.25) is 0 Å². The summed E-state index contributed by atoms with van der Waals surface area (Å²) in [5, 5.41) is 0. The lowest BCUT2D eigenvalue weighted by Gasteiger charge is -2.41. The van der Waals surface area contributed by atoms with Crippen LogP contribution >= 0.6 is 0 Å². The minimum Gasteiger partial charge on any atom is -0.333 e. The Kier molecular flexibility index (Phi) is 4.67. The molecule has 5 heteroatoms. The molecule has 1 fully saturated rings. The predicted molar refractivity (Wildman–Crippen MR) is 88.6 cm³/mol. The fourth-order valence-electron chi connectivity index (χ4n) is 3.14. The van der Waals surface area contributed by atoms with Crippen LogP contribution in [0, 0.1) is 6.92 Å². The Bertz CT molecular complexity index is 674. The maximum absolute atomic E-state index is 12.0. The SMILES string of the molecule is CC(=O)N1CCN(Cc2ccnc(C)n2)CC1c1ccccc1. The van der Waals surface area contributed by atoms with Gasteiger partial charge in [-0.1, -0.05) is 30.3 Å². The van der Waals surface area contributed by atoms with Crippen molar-refractivity contribution >= 4 is 5.91 Å². The molecule has 1 unspecified atom stereocenters. The predicted octanol–water partition coefficient (Wildman–Crippen LogP) is 2.19. The second-order valence-electron chi connectivity index (χ2n) is 5.97. The van der Waals surface area contributed by atoms with Crippen LogP contribution in [0.5, 0.6) is 0 Å². The first-order valence-corrected chi connectivity index (χ1v) is 7.96. The van der Waals surface area contributed by atoms with Gasteiger partial charge in [0.1, 0.15) is 5.82 Å². The number of benzene rings is 1. The van der Waals surface area contributed by atoms with Crippen molar-refractivity contribution in [3.05, 3.63) is 59.7 Å². The fraction of sp³-hybridized carbons (Fsp3) is 0.389. The summed E-state index contributed by atoms with van der Waals surface area (Å²) in [6.07, 6.45) is 1.80. The fourth-order valence-corrected chi connectivity index (χ4v) is 3.14. The first kappa shape index (κ1) is 15.6. The monoisotopic (exact) mass is 310 g/mol. The van der Waals surface area contributed by atoms with Gasteiger partial charge in [0, 0.05) is 39.3 Å². The molecule has 1 aliphatic rings. The smallest absolute Gasteiger partial charge is 0.220 e. The molecular formula is C18H22N4O. The van der Waals surface area contributed by atoms with Gasteiger partial charge in [-0.3, -0.25) is 9.69 Å². The topological polar surface area (TPSA) is 49.3 Å². The van der Waals surface area contributed by atoms with E-state index in [4.69, 9.17) is 0 Å². The highest BCUT2D eigenvalue weighted by atomic mass is 16.2. The molecule has 2 heterocycles. The van der Waals surface area contributed by atoms with Gasteiger partial charge in [0.05, 0.1) is 11.7 Å². The van der Waals surface area contributed by atoms with Gasteiger partial charge in [0.2, 0.25) is 5.91 Å². The van der Waals surface area contributed by atoms with E-state index in [1.807, 2.05) is 36.1 Å². The van der Waals surface area contributed by atoms with Crippen molar-refractivity contribution in [3.63, 3.8) is 0 Å². The number of aryl methyl sites for hydroxylation is 1. The van der Waals surface area contributed by atoms with E-state index in [9.17, 15) is 4.79 Å². The van der Waals surface area contributed by atoms with Crippen molar-refractivity contribution in [3.8, 4) is 0 Å². The summed E-state index contributed by atoms with van der Waals surface area (Å²) in [6, 6.07) is 12.3. The maximum atomic E-state index is 12.0. The second kappa shape index (κ2) is 6.87. The third-order valence-electron chi connectivity index (χ3n) is 4.27. The van der Waals surface area contributed by atoms with E-state index in [-0.39, 0.29) is 11.9 Å². The van der Waals surface area contributed by atoms with Crippen LogP contribution in [-0.2, 0) is 11.3 Å². The minimum absolute atomic E-state index is 0.102. The largest absolute Gasteiger partial charge is 0.333 e. The van der Waals surface area contributed by atoms with Crippen LogP contribution in [0.4, 0.5) is 0 Å². The number of nitrogens with zero attached hydrogens (tertiary/aromatic N) is 4. The van der Waals surface area contributed by atoms with E-state index in [2.05, 4.69) is 27.0 Å². The summed E-state index contributed by atoms with van der Waals surface area (Å²) >= 11 is 0. The van der Waals surface area contributed by atoms with Crippen molar-refractivity contribution < 1.29 is 4.79 Å². The number of aromatic nitrogens is 2. The maximum Gasteiger partial charge on any atom is 0.220 e. The Hall–Kier alpha value is -2.27.